The second-order valence-electron chi connectivity index (χ2n) is 4.53. The van der Waals surface area contributed by atoms with Crippen molar-refractivity contribution in [2.24, 2.45) is 0 Å². The number of aromatic amines is 1. The topological polar surface area (TPSA) is 79.1 Å². The molecule has 0 aliphatic heterocycles. The second kappa shape index (κ2) is 4.90. The summed E-state index contributed by atoms with van der Waals surface area (Å²) in [7, 11) is 0. The van der Waals surface area contributed by atoms with Crippen LogP contribution in [0.4, 0.5) is 4.39 Å². The monoisotopic (exact) mass is 286 g/mol. The van der Waals surface area contributed by atoms with Gasteiger partial charge in [-0.15, -0.1) is 0 Å². The predicted molar refractivity (Wildman–Crippen MR) is 74.4 cm³/mol. The summed E-state index contributed by atoms with van der Waals surface area (Å²) in [6.07, 6.45) is 0. The Balaban J connectivity index is 2.12. The first kappa shape index (κ1) is 13.1. The van der Waals surface area contributed by atoms with Crippen LogP contribution in [0, 0.1) is 12.7 Å². The molecule has 0 fully saturated rings. The van der Waals surface area contributed by atoms with Gasteiger partial charge in [-0.25, -0.2) is 4.39 Å². The van der Waals surface area contributed by atoms with E-state index >= 15 is 0 Å². The fraction of sp³-hybridized carbons (Fsp3) is 0.0667. The van der Waals surface area contributed by atoms with Crippen LogP contribution in [0.3, 0.4) is 0 Å². The molecule has 2 aromatic heterocycles. The Bertz CT molecular complexity index is 850. The first-order chi connectivity index (χ1) is 10.0. The summed E-state index contributed by atoms with van der Waals surface area (Å²) in [5.74, 6) is 0.288. The van der Waals surface area contributed by atoms with Gasteiger partial charge in [0.2, 0.25) is 5.88 Å². The molecular weight excluding hydrogens is 275 g/mol. The Morgan fingerprint density at radius 2 is 1.90 bits per heavy atom. The van der Waals surface area contributed by atoms with Crippen LogP contribution in [0.1, 0.15) is 5.76 Å². The minimum Gasteiger partial charge on any atom is -0.493 e. The van der Waals surface area contributed by atoms with E-state index in [1.807, 2.05) is 0 Å². The van der Waals surface area contributed by atoms with E-state index in [-0.39, 0.29) is 11.4 Å². The highest BCUT2D eigenvalue weighted by Crippen LogP contribution is 2.26. The van der Waals surface area contributed by atoms with E-state index in [1.54, 1.807) is 19.1 Å². The first-order valence-electron chi connectivity index (χ1n) is 6.20. The predicted octanol–water partition coefficient (Wildman–Crippen LogP) is 2.85. The number of H-pyrrole nitrogens is 1. The molecule has 0 aliphatic rings. The summed E-state index contributed by atoms with van der Waals surface area (Å²) < 4.78 is 18.3. The fourth-order valence-electron chi connectivity index (χ4n) is 2.02. The quantitative estimate of drug-likeness (QED) is 0.759. The van der Waals surface area contributed by atoms with Gasteiger partial charge in [-0.3, -0.25) is 4.79 Å². The summed E-state index contributed by atoms with van der Waals surface area (Å²) in [6.45, 7) is 1.76. The number of rotatable bonds is 2. The average Bonchev–Trinajstić information content (AvgIpc) is 2.87. The molecule has 0 amide bonds. The molecule has 3 rings (SSSR count). The molecule has 0 spiro atoms. The number of hydrogen-bond acceptors (Lipinski definition) is 4. The molecule has 0 saturated carbocycles. The fourth-order valence-corrected chi connectivity index (χ4v) is 2.02. The van der Waals surface area contributed by atoms with Crippen molar-refractivity contribution in [2.45, 2.75) is 6.92 Å². The molecule has 0 bridgehead atoms. The van der Waals surface area contributed by atoms with Crippen molar-refractivity contribution < 1.29 is 13.9 Å². The first-order valence-corrected chi connectivity index (χ1v) is 6.20. The van der Waals surface area contributed by atoms with Crippen molar-refractivity contribution in [3.63, 3.8) is 0 Å². The Morgan fingerprint density at radius 1 is 1.19 bits per heavy atom. The number of benzene rings is 1. The molecule has 1 aromatic carbocycles. The number of aromatic hydroxyl groups is 1. The molecule has 3 aromatic rings. The maximum absolute atomic E-state index is 12.9. The molecule has 0 saturated heterocycles. The smallest absolute Gasteiger partial charge is 0.263 e. The molecule has 2 heterocycles. The van der Waals surface area contributed by atoms with Crippen LogP contribution in [-0.4, -0.2) is 15.1 Å². The van der Waals surface area contributed by atoms with E-state index in [4.69, 9.17) is 4.42 Å². The average molecular weight is 286 g/mol. The van der Waals surface area contributed by atoms with Crippen LogP contribution >= 0.6 is 0 Å². The van der Waals surface area contributed by atoms with E-state index in [0.717, 1.165) is 0 Å². The zero-order valence-electron chi connectivity index (χ0n) is 11.1. The lowest BCUT2D eigenvalue weighted by molar-refractivity contribution is 0.452. The van der Waals surface area contributed by atoms with Crippen LogP contribution in [0.25, 0.3) is 22.7 Å². The van der Waals surface area contributed by atoms with E-state index in [2.05, 4.69) is 9.97 Å². The highest BCUT2D eigenvalue weighted by Gasteiger charge is 2.15. The standard InChI is InChI=1S/C15H11FN2O3/c1-8-2-7-11(21-8)13-17-14(19)12(15(20)18-13)9-3-5-10(16)6-4-9/h2-7H,1H3,(H2,17,18,19,20). The third kappa shape index (κ3) is 2.43. The van der Waals surface area contributed by atoms with Crippen LogP contribution in [0.2, 0.25) is 0 Å². The van der Waals surface area contributed by atoms with Gasteiger partial charge in [0.1, 0.15) is 17.1 Å². The van der Waals surface area contributed by atoms with Crippen molar-refractivity contribution in [2.75, 3.05) is 0 Å². The van der Waals surface area contributed by atoms with Crippen LogP contribution in [0.5, 0.6) is 5.88 Å². The van der Waals surface area contributed by atoms with Gasteiger partial charge < -0.3 is 14.5 Å². The summed E-state index contributed by atoms with van der Waals surface area (Å²) in [4.78, 5) is 18.6. The molecular formula is C15H11FN2O3. The number of furan rings is 1. The van der Waals surface area contributed by atoms with Gasteiger partial charge in [0.25, 0.3) is 5.56 Å². The van der Waals surface area contributed by atoms with Gasteiger partial charge in [0.15, 0.2) is 11.6 Å². The van der Waals surface area contributed by atoms with Gasteiger partial charge in [-0.2, -0.15) is 4.98 Å². The molecule has 6 heteroatoms. The normalized spacial score (nSPS) is 10.8. The SMILES string of the molecule is Cc1ccc(-c2nc(O)c(-c3ccc(F)cc3)c(=O)[nH]2)o1. The minimum absolute atomic E-state index is 0.0120. The minimum atomic E-state index is -0.529. The molecule has 0 radical (unpaired) electrons. The summed E-state index contributed by atoms with van der Waals surface area (Å²) >= 11 is 0. The van der Waals surface area contributed by atoms with E-state index < -0.39 is 17.3 Å². The van der Waals surface area contributed by atoms with Gasteiger partial charge in [0, 0.05) is 0 Å². The Morgan fingerprint density at radius 3 is 2.48 bits per heavy atom. The lowest BCUT2D eigenvalue weighted by Gasteiger charge is -2.05. The molecule has 0 atom stereocenters. The van der Waals surface area contributed by atoms with E-state index in [0.29, 0.717) is 17.1 Å². The second-order valence-corrected chi connectivity index (χ2v) is 4.53. The highest BCUT2D eigenvalue weighted by molar-refractivity contribution is 5.68. The summed E-state index contributed by atoms with van der Waals surface area (Å²) in [5, 5.41) is 10.00. The van der Waals surface area contributed by atoms with Crippen molar-refractivity contribution in [1.82, 2.24) is 9.97 Å². The van der Waals surface area contributed by atoms with Gasteiger partial charge in [-0.05, 0) is 36.8 Å². The molecule has 0 aliphatic carbocycles. The molecule has 106 valence electrons. The third-order valence-electron chi connectivity index (χ3n) is 3.01. The van der Waals surface area contributed by atoms with Crippen molar-refractivity contribution in [3.8, 4) is 28.6 Å². The van der Waals surface area contributed by atoms with E-state index in [1.165, 1.54) is 24.3 Å². The number of nitrogens with one attached hydrogen (secondary N) is 1. The maximum atomic E-state index is 12.9. The highest BCUT2D eigenvalue weighted by atomic mass is 19.1. The number of hydrogen-bond donors (Lipinski definition) is 2. The zero-order chi connectivity index (χ0) is 15.0. The molecule has 2 N–H and O–H groups in total. The van der Waals surface area contributed by atoms with Crippen LogP contribution in [-0.2, 0) is 0 Å². The van der Waals surface area contributed by atoms with Crippen molar-refractivity contribution in [3.05, 3.63) is 58.3 Å². The van der Waals surface area contributed by atoms with Gasteiger partial charge in [0.05, 0.1) is 0 Å². The number of halogens is 1. The largest absolute Gasteiger partial charge is 0.493 e. The lowest BCUT2D eigenvalue weighted by Crippen LogP contribution is -2.12. The Hall–Kier alpha value is -2.89. The molecule has 5 nitrogen and oxygen atoms in total. The van der Waals surface area contributed by atoms with E-state index in [9.17, 15) is 14.3 Å². The zero-order valence-corrected chi connectivity index (χ0v) is 11.1. The number of aromatic nitrogens is 2. The third-order valence-corrected chi connectivity index (χ3v) is 3.01. The lowest BCUT2D eigenvalue weighted by atomic mass is 10.1. The number of nitrogens with zero attached hydrogens (tertiary/aromatic N) is 1. The number of aryl methyl sites for hydroxylation is 1. The van der Waals surface area contributed by atoms with Gasteiger partial charge >= 0.3 is 0 Å². The molecule has 21 heavy (non-hydrogen) atoms. The summed E-state index contributed by atoms with van der Waals surface area (Å²) in [5.41, 5.74) is -0.162. The Labute approximate surface area is 118 Å². The van der Waals surface area contributed by atoms with Crippen LogP contribution < -0.4 is 5.56 Å². The van der Waals surface area contributed by atoms with Crippen LogP contribution in [0.15, 0.2) is 45.6 Å². The maximum Gasteiger partial charge on any atom is 0.263 e. The van der Waals surface area contributed by atoms with Crippen molar-refractivity contribution >= 4 is 0 Å². The van der Waals surface area contributed by atoms with Crippen molar-refractivity contribution in [1.29, 1.82) is 0 Å². The summed E-state index contributed by atoms with van der Waals surface area (Å²) in [6, 6.07) is 8.58. The molecule has 0 unspecified atom stereocenters. The van der Waals surface area contributed by atoms with Gasteiger partial charge in [-0.1, -0.05) is 12.1 Å². The Kier molecular flexibility index (Phi) is 3.06.